The van der Waals surface area contributed by atoms with Gasteiger partial charge in [0.1, 0.15) is 5.75 Å². The highest BCUT2D eigenvalue weighted by atomic mass is 32.2. The quantitative estimate of drug-likeness (QED) is 0.680. The zero-order chi connectivity index (χ0) is 14.8. The number of nitro groups is 1. The van der Waals surface area contributed by atoms with Gasteiger partial charge >= 0.3 is 0 Å². The zero-order valence-corrected chi connectivity index (χ0v) is 12.8. The molecule has 110 valence electrons. The summed E-state index contributed by atoms with van der Waals surface area (Å²) >= 11 is 1.94. The Labute approximate surface area is 123 Å². The summed E-state index contributed by atoms with van der Waals surface area (Å²) in [7, 11) is 1.53. The van der Waals surface area contributed by atoms with Gasteiger partial charge in [0.05, 0.1) is 23.8 Å². The predicted octanol–water partition coefficient (Wildman–Crippen LogP) is 3.55. The monoisotopic (exact) mass is 296 g/mol. The fourth-order valence-corrected chi connectivity index (χ4v) is 3.76. The number of benzene rings is 1. The summed E-state index contributed by atoms with van der Waals surface area (Å²) in [4.78, 5) is 10.4. The highest BCUT2D eigenvalue weighted by Crippen LogP contribution is 2.36. The van der Waals surface area contributed by atoms with Crippen molar-refractivity contribution < 1.29 is 9.66 Å². The van der Waals surface area contributed by atoms with Gasteiger partial charge in [-0.1, -0.05) is 13.8 Å². The van der Waals surface area contributed by atoms with E-state index >= 15 is 0 Å². The van der Waals surface area contributed by atoms with Gasteiger partial charge in [-0.15, -0.1) is 0 Å². The molecule has 20 heavy (non-hydrogen) atoms. The number of nitrogens with zero attached hydrogens (tertiary/aromatic N) is 1. The van der Waals surface area contributed by atoms with E-state index < -0.39 is 4.92 Å². The van der Waals surface area contributed by atoms with Crippen molar-refractivity contribution in [2.24, 2.45) is 5.41 Å². The van der Waals surface area contributed by atoms with E-state index in [0.29, 0.717) is 17.2 Å². The molecule has 1 atom stereocenters. The van der Waals surface area contributed by atoms with Crippen LogP contribution in [0.15, 0.2) is 18.2 Å². The van der Waals surface area contributed by atoms with Crippen LogP contribution >= 0.6 is 11.8 Å². The molecule has 0 amide bonds. The Balaban J connectivity index is 2.14. The Morgan fingerprint density at radius 1 is 1.50 bits per heavy atom. The van der Waals surface area contributed by atoms with Crippen molar-refractivity contribution in [3.63, 3.8) is 0 Å². The van der Waals surface area contributed by atoms with Gasteiger partial charge in [-0.2, -0.15) is 11.8 Å². The fraction of sp³-hybridized carbons (Fsp3) is 0.571. The first kappa shape index (κ1) is 15.0. The Morgan fingerprint density at radius 2 is 2.25 bits per heavy atom. The molecule has 0 spiro atoms. The van der Waals surface area contributed by atoms with Crippen LogP contribution in [0.1, 0.15) is 20.3 Å². The highest BCUT2D eigenvalue weighted by molar-refractivity contribution is 7.99. The van der Waals surface area contributed by atoms with E-state index in [2.05, 4.69) is 19.2 Å². The summed E-state index contributed by atoms with van der Waals surface area (Å²) in [6.07, 6.45) is 1.08. The van der Waals surface area contributed by atoms with E-state index in [9.17, 15) is 10.1 Å². The molecule has 1 unspecified atom stereocenters. The number of hydrogen-bond donors (Lipinski definition) is 1. The number of methoxy groups -OCH3 is 1. The van der Waals surface area contributed by atoms with E-state index in [4.69, 9.17) is 4.74 Å². The number of anilines is 1. The van der Waals surface area contributed by atoms with Crippen LogP contribution in [0.3, 0.4) is 0 Å². The van der Waals surface area contributed by atoms with Crippen LogP contribution in [0, 0.1) is 15.5 Å². The minimum atomic E-state index is -0.411. The molecule has 2 rings (SSSR count). The second-order valence-electron chi connectivity index (χ2n) is 5.87. The lowest BCUT2D eigenvalue weighted by Crippen LogP contribution is -2.35. The van der Waals surface area contributed by atoms with Gasteiger partial charge in [-0.05, 0) is 23.7 Å². The summed E-state index contributed by atoms with van der Waals surface area (Å²) in [5, 5.41) is 14.2. The van der Waals surface area contributed by atoms with Crippen LogP contribution < -0.4 is 10.1 Å². The molecule has 6 heteroatoms. The Bertz CT molecular complexity index is 505. The SMILES string of the molecule is COc1cc([N+](=O)[O-])ccc1NC1CSCC(C)(C)C1. The minimum absolute atomic E-state index is 0.0470. The molecule has 5 nitrogen and oxygen atoms in total. The van der Waals surface area contributed by atoms with Crippen molar-refractivity contribution in [3.05, 3.63) is 28.3 Å². The van der Waals surface area contributed by atoms with Gasteiger partial charge in [-0.3, -0.25) is 10.1 Å². The summed E-state index contributed by atoms with van der Waals surface area (Å²) in [5.41, 5.74) is 1.18. The third kappa shape index (κ3) is 3.56. The molecular weight excluding hydrogens is 276 g/mol. The predicted molar refractivity (Wildman–Crippen MR) is 82.8 cm³/mol. The van der Waals surface area contributed by atoms with Gasteiger partial charge in [0.25, 0.3) is 5.69 Å². The number of thioether (sulfide) groups is 1. The Morgan fingerprint density at radius 3 is 2.85 bits per heavy atom. The van der Waals surface area contributed by atoms with Gasteiger partial charge in [0, 0.05) is 17.9 Å². The van der Waals surface area contributed by atoms with Gasteiger partial charge in [-0.25, -0.2) is 0 Å². The lowest BCUT2D eigenvalue weighted by molar-refractivity contribution is -0.384. The second-order valence-corrected chi connectivity index (χ2v) is 6.90. The van der Waals surface area contributed by atoms with Crippen LogP contribution in [0.25, 0.3) is 0 Å². The fourth-order valence-electron chi connectivity index (χ4n) is 2.49. The molecule has 0 radical (unpaired) electrons. The first-order valence-corrected chi connectivity index (χ1v) is 7.73. The van der Waals surface area contributed by atoms with Gasteiger partial charge in [0.15, 0.2) is 0 Å². The summed E-state index contributed by atoms with van der Waals surface area (Å²) in [5.74, 6) is 2.74. The summed E-state index contributed by atoms with van der Waals surface area (Å²) in [6.45, 7) is 4.53. The van der Waals surface area contributed by atoms with Gasteiger partial charge in [0.2, 0.25) is 0 Å². The van der Waals surface area contributed by atoms with E-state index in [-0.39, 0.29) is 5.69 Å². The standard InChI is InChI=1S/C14H20N2O3S/c1-14(2)7-10(8-20-9-14)15-12-5-4-11(16(17)18)6-13(12)19-3/h4-6,10,15H,7-9H2,1-3H3. The molecule has 0 aromatic heterocycles. The molecule has 0 bridgehead atoms. The van der Waals surface area contributed by atoms with E-state index in [1.165, 1.54) is 25.0 Å². The molecular formula is C14H20N2O3S. The number of nitro benzene ring substituents is 1. The smallest absolute Gasteiger partial charge is 0.273 e. The summed E-state index contributed by atoms with van der Waals surface area (Å²) < 4.78 is 5.26. The normalized spacial score (nSPS) is 21.2. The van der Waals surface area contributed by atoms with Crippen LogP contribution in [-0.4, -0.2) is 29.6 Å². The van der Waals surface area contributed by atoms with Crippen molar-refractivity contribution in [3.8, 4) is 5.75 Å². The number of rotatable bonds is 4. The molecule has 1 aliphatic rings. The van der Waals surface area contributed by atoms with Crippen LogP contribution in [0.4, 0.5) is 11.4 Å². The van der Waals surface area contributed by atoms with Crippen molar-refractivity contribution in [2.45, 2.75) is 26.3 Å². The van der Waals surface area contributed by atoms with Crippen LogP contribution in [0.2, 0.25) is 0 Å². The van der Waals surface area contributed by atoms with Crippen molar-refractivity contribution in [1.82, 2.24) is 0 Å². The summed E-state index contributed by atoms with van der Waals surface area (Å²) in [6, 6.07) is 5.05. The maximum absolute atomic E-state index is 10.8. The largest absolute Gasteiger partial charge is 0.494 e. The Kier molecular flexibility index (Phi) is 4.42. The average Bonchev–Trinajstić information content (AvgIpc) is 2.37. The van der Waals surface area contributed by atoms with Crippen LogP contribution in [0.5, 0.6) is 5.75 Å². The molecule has 1 fully saturated rings. The first-order valence-electron chi connectivity index (χ1n) is 6.58. The molecule has 1 aliphatic heterocycles. The van der Waals surface area contributed by atoms with Crippen molar-refractivity contribution in [1.29, 1.82) is 0 Å². The van der Waals surface area contributed by atoms with E-state index in [1.807, 2.05) is 11.8 Å². The van der Waals surface area contributed by atoms with Crippen molar-refractivity contribution >= 4 is 23.1 Å². The number of non-ortho nitro benzene ring substituents is 1. The Hall–Kier alpha value is -1.43. The van der Waals surface area contributed by atoms with Crippen LogP contribution in [-0.2, 0) is 0 Å². The maximum Gasteiger partial charge on any atom is 0.273 e. The highest BCUT2D eigenvalue weighted by Gasteiger charge is 2.29. The molecule has 1 saturated heterocycles. The molecule has 1 aromatic rings. The lowest BCUT2D eigenvalue weighted by atomic mass is 9.88. The van der Waals surface area contributed by atoms with E-state index in [1.54, 1.807) is 6.07 Å². The molecule has 1 aromatic carbocycles. The second kappa shape index (κ2) is 5.91. The van der Waals surface area contributed by atoms with E-state index in [0.717, 1.165) is 17.9 Å². The molecule has 1 N–H and O–H groups in total. The minimum Gasteiger partial charge on any atom is -0.494 e. The number of hydrogen-bond acceptors (Lipinski definition) is 5. The lowest BCUT2D eigenvalue weighted by Gasteiger charge is -2.35. The first-order chi connectivity index (χ1) is 9.41. The third-order valence-electron chi connectivity index (χ3n) is 3.37. The molecule has 0 aliphatic carbocycles. The molecule has 1 heterocycles. The third-order valence-corrected chi connectivity index (χ3v) is 4.99. The number of ether oxygens (including phenoxy) is 1. The maximum atomic E-state index is 10.8. The molecule has 0 saturated carbocycles. The average molecular weight is 296 g/mol. The van der Waals surface area contributed by atoms with Gasteiger partial charge < -0.3 is 10.1 Å². The number of nitrogens with one attached hydrogen (secondary N) is 1. The topological polar surface area (TPSA) is 64.4 Å². The zero-order valence-electron chi connectivity index (χ0n) is 12.0. The van der Waals surface area contributed by atoms with Crippen molar-refractivity contribution in [2.75, 3.05) is 23.9 Å².